The highest BCUT2D eigenvalue weighted by Crippen LogP contribution is 2.21. The van der Waals surface area contributed by atoms with Gasteiger partial charge in [-0.1, -0.05) is 0 Å². The first kappa shape index (κ1) is 15.0. The van der Waals surface area contributed by atoms with Crippen LogP contribution in [0.1, 0.15) is 26.5 Å². The lowest BCUT2D eigenvalue weighted by atomic mass is 10.1. The molecule has 0 unspecified atom stereocenters. The molecule has 1 aromatic heterocycles. The molecule has 0 aliphatic carbocycles. The van der Waals surface area contributed by atoms with Gasteiger partial charge in [-0.05, 0) is 18.6 Å². The number of aromatic nitrogens is 2. The van der Waals surface area contributed by atoms with E-state index in [-0.39, 0.29) is 11.4 Å². The summed E-state index contributed by atoms with van der Waals surface area (Å²) in [5.74, 6) is -2.14. The van der Waals surface area contributed by atoms with Gasteiger partial charge in [0.15, 0.2) is 11.4 Å². The third-order valence-electron chi connectivity index (χ3n) is 2.78. The van der Waals surface area contributed by atoms with Crippen LogP contribution in [-0.2, 0) is 0 Å². The number of nitro benzene ring substituents is 1. The minimum Gasteiger partial charge on any atom is -0.476 e. The van der Waals surface area contributed by atoms with Gasteiger partial charge in [-0.15, -0.1) is 0 Å². The van der Waals surface area contributed by atoms with Crippen LogP contribution in [0, 0.1) is 17.0 Å². The first-order valence-electron chi connectivity index (χ1n) is 6.01. The minimum absolute atomic E-state index is 0.110. The predicted molar refractivity (Wildman–Crippen MR) is 74.8 cm³/mol. The minimum atomic E-state index is -1.38. The number of carboxylic acids is 1. The summed E-state index contributed by atoms with van der Waals surface area (Å²) in [5, 5.41) is 22.1. The molecule has 1 amide bonds. The third-order valence-corrected chi connectivity index (χ3v) is 2.78. The van der Waals surface area contributed by atoms with Crippen LogP contribution in [0.25, 0.3) is 0 Å². The predicted octanol–water partition coefficient (Wildman–Crippen LogP) is 1.64. The molecule has 0 saturated carbocycles. The fraction of sp³-hybridized carbons (Fsp3) is 0.0769. The van der Waals surface area contributed by atoms with Gasteiger partial charge in [-0.2, -0.15) is 0 Å². The Balaban J connectivity index is 2.30. The second-order valence-corrected chi connectivity index (χ2v) is 4.27. The molecule has 0 saturated heterocycles. The first-order valence-corrected chi connectivity index (χ1v) is 6.01. The Morgan fingerprint density at radius 2 is 1.86 bits per heavy atom. The van der Waals surface area contributed by atoms with Crippen molar-refractivity contribution in [3.63, 3.8) is 0 Å². The fourth-order valence-electron chi connectivity index (χ4n) is 1.74. The molecule has 2 N–H and O–H groups in total. The van der Waals surface area contributed by atoms with E-state index in [1.54, 1.807) is 6.92 Å². The van der Waals surface area contributed by atoms with Gasteiger partial charge in [-0.25, -0.2) is 14.8 Å². The van der Waals surface area contributed by atoms with Crippen molar-refractivity contribution >= 4 is 23.3 Å². The number of non-ortho nitro benzene ring substituents is 1. The SMILES string of the molecule is Cc1cc([N+](=O)[O-])ccc1NC(=O)c1nccnc1C(=O)O. The number of nitrogens with zero attached hydrogens (tertiary/aromatic N) is 3. The molecular formula is C13H10N4O5. The summed E-state index contributed by atoms with van der Waals surface area (Å²) >= 11 is 0. The fourth-order valence-corrected chi connectivity index (χ4v) is 1.74. The number of carboxylic acid groups (broad SMARTS) is 1. The zero-order valence-electron chi connectivity index (χ0n) is 11.3. The Hall–Kier alpha value is -3.36. The maximum atomic E-state index is 12.1. The van der Waals surface area contributed by atoms with Crippen LogP contribution in [-0.4, -0.2) is 31.9 Å². The van der Waals surface area contributed by atoms with Crippen LogP contribution in [0.3, 0.4) is 0 Å². The van der Waals surface area contributed by atoms with Crippen molar-refractivity contribution in [1.82, 2.24) is 9.97 Å². The van der Waals surface area contributed by atoms with Crippen LogP contribution in [0.4, 0.5) is 11.4 Å². The quantitative estimate of drug-likeness (QED) is 0.647. The number of aromatic carboxylic acids is 1. The molecule has 2 rings (SSSR count). The lowest BCUT2D eigenvalue weighted by Crippen LogP contribution is -2.19. The third kappa shape index (κ3) is 3.03. The van der Waals surface area contributed by atoms with Crippen molar-refractivity contribution in [3.05, 3.63) is 57.7 Å². The van der Waals surface area contributed by atoms with Crippen molar-refractivity contribution in [3.8, 4) is 0 Å². The van der Waals surface area contributed by atoms with Crippen LogP contribution < -0.4 is 5.32 Å². The largest absolute Gasteiger partial charge is 0.476 e. The average molecular weight is 302 g/mol. The monoisotopic (exact) mass is 302 g/mol. The number of carbonyl (C=O) groups is 2. The Labute approximate surface area is 123 Å². The van der Waals surface area contributed by atoms with E-state index in [1.165, 1.54) is 24.4 Å². The van der Waals surface area contributed by atoms with Gasteiger partial charge >= 0.3 is 5.97 Å². The lowest BCUT2D eigenvalue weighted by molar-refractivity contribution is -0.384. The molecule has 2 aromatic rings. The Morgan fingerprint density at radius 3 is 2.41 bits per heavy atom. The highest BCUT2D eigenvalue weighted by atomic mass is 16.6. The Morgan fingerprint density at radius 1 is 1.23 bits per heavy atom. The van der Waals surface area contributed by atoms with Gasteiger partial charge < -0.3 is 10.4 Å². The van der Waals surface area contributed by atoms with Gasteiger partial charge in [0.1, 0.15) is 0 Å². The van der Waals surface area contributed by atoms with E-state index in [9.17, 15) is 19.7 Å². The van der Waals surface area contributed by atoms with E-state index in [0.717, 1.165) is 6.20 Å². The molecule has 0 bridgehead atoms. The summed E-state index contributed by atoms with van der Waals surface area (Å²) in [4.78, 5) is 40.5. The van der Waals surface area contributed by atoms with E-state index in [0.29, 0.717) is 11.3 Å². The maximum Gasteiger partial charge on any atom is 0.356 e. The topological polar surface area (TPSA) is 135 Å². The number of hydrogen-bond donors (Lipinski definition) is 2. The number of benzene rings is 1. The second kappa shape index (κ2) is 5.95. The molecule has 112 valence electrons. The maximum absolute atomic E-state index is 12.1. The molecule has 22 heavy (non-hydrogen) atoms. The van der Waals surface area contributed by atoms with Crippen LogP contribution in [0.5, 0.6) is 0 Å². The van der Waals surface area contributed by atoms with E-state index in [2.05, 4.69) is 15.3 Å². The molecule has 0 fully saturated rings. The number of hydrogen-bond acceptors (Lipinski definition) is 6. The zero-order chi connectivity index (χ0) is 16.3. The Bertz CT molecular complexity index is 775. The standard InChI is InChI=1S/C13H10N4O5/c1-7-6-8(17(21)22)2-3-9(7)16-12(18)10-11(13(19)20)15-5-4-14-10/h2-6H,1H3,(H,16,18)(H,19,20). The van der Waals surface area contributed by atoms with E-state index < -0.39 is 22.5 Å². The summed E-state index contributed by atoms with van der Waals surface area (Å²) in [6.45, 7) is 1.58. The molecular weight excluding hydrogens is 292 g/mol. The number of nitro groups is 1. The van der Waals surface area contributed by atoms with Crippen LogP contribution >= 0.6 is 0 Å². The molecule has 9 heteroatoms. The Kier molecular flexibility index (Phi) is 4.07. The van der Waals surface area contributed by atoms with Gasteiger partial charge in [0.2, 0.25) is 0 Å². The normalized spacial score (nSPS) is 10.0. The smallest absolute Gasteiger partial charge is 0.356 e. The number of anilines is 1. The number of amides is 1. The van der Waals surface area contributed by atoms with Crippen molar-refractivity contribution < 1.29 is 19.6 Å². The van der Waals surface area contributed by atoms with E-state index in [4.69, 9.17) is 5.11 Å². The number of rotatable bonds is 4. The van der Waals surface area contributed by atoms with E-state index >= 15 is 0 Å². The van der Waals surface area contributed by atoms with Gasteiger partial charge in [-0.3, -0.25) is 14.9 Å². The number of aryl methyl sites for hydroxylation is 1. The van der Waals surface area contributed by atoms with Gasteiger partial charge in [0, 0.05) is 30.2 Å². The van der Waals surface area contributed by atoms with Gasteiger partial charge in [0.05, 0.1) is 4.92 Å². The highest BCUT2D eigenvalue weighted by molar-refractivity contribution is 6.08. The second-order valence-electron chi connectivity index (χ2n) is 4.27. The summed E-state index contributed by atoms with van der Waals surface area (Å²) in [5.41, 5.74) is -0.144. The van der Waals surface area contributed by atoms with Crippen LogP contribution in [0.15, 0.2) is 30.6 Å². The summed E-state index contributed by atoms with van der Waals surface area (Å²) < 4.78 is 0. The lowest BCUT2D eigenvalue weighted by Gasteiger charge is -2.08. The molecule has 0 radical (unpaired) electrons. The summed E-state index contributed by atoms with van der Waals surface area (Å²) in [6, 6.07) is 3.89. The average Bonchev–Trinajstić information content (AvgIpc) is 2.48. The first-order chi connectivity index (χ1) is 10.4. The van der Waals surface area contributed by atoms with Crippen molar-refractivity contribution in [1.29, 1.82) is 0 Å². The molecule has 0 aliphatic rings. The number of carbonyl (C=O) groups excluding carboxylic acids is 1. The van der Waals surface area contributed by atoms with Crippen molar-refractivity contribution in [2.75, 3.05) is 5.32 Å². The molecule has 1 heterocycles. The molecule has 0 spiro atoms. The molecule has 0 atom stereocenters. The zero-order valence-corrected chi connectivity index (χ0v) is 11.3. The summed E-state index contributed by atoms with van der Waals surface area (Å²) in [6.07, 6.45) is 2.36. The highest BCUT2D eigenvalue weighted by Gasteiger charge is 2.20. The van der Waals surface area contributed by atoms with Crippen molar-refractivity contribution in [2.45, 2.75) is 6.92 Å². The molecule has 1 aromatic carbocycles. The van der Waals surface area contributed by atoms with Crippen LogP contribution in [0.2, 0.25) is 0 Å². The number of nitrogens with one attached hydrogen (secondary N) is 1. The molecule has 9 nitrogen and oxygen atoms in total. The molecule has 0 aliphatic heterocycles. The van der Waals surface area contributed by atoms with Gasteiger partial charge in [0.25, 0.3) is 11.6 Å². The van der Waals surface area contributed by atoms with Crippen molar-refractivity contribution in [2.24, 2.45) is 0 Å². The summed E-state index contributed by atoms with van der Waals surface area (Å²) in [7, 11) is 0. The van der Waals surface area contributed by atoms with E-state index in [1.807, 2.05) is 0 Å².